The van der Waals surface area contributed by atoms with Gasteiger partial charge >= 0.3 is 0 Å². The first kappa shape index (κ1) is 13.8. The Kier molecular flexibility index (Phi) is 3.84. The first-order valence-electron chi connectivity index (χ1n) is 5.85. The van der Waals surface area contributed by atoms with Crippen molar-refractivity contribution in [3.63, 3.8) is 0 Å². The molecule has 0 bridgehead atoms. The number of hydrogen-bond donors (Lipinski definition) is 3. The van der Waals surface area contributed by atoms with E-state index in [1.165, 1.54) is 12.1 Å². The van der Waals surface area contributed by atoms with E-state index in [1.807, 2.05) is 0 Å². The third-order valence-electron chi connectivity index (χ3n) is 2.83. The van der Waals surface area contributed by atoms with Gasteiger partial charge in [-0.2, -0.15) is 0 Å². The minimum Gasteiger partial charge on any atom is -0.397 e. The maximum absolute atomic E-state index is 13.5. The average Bonchev–Trinajstić information content (AvgIpc) is 2.38. The van der Waals surface area contributed by atoms with Crippen LogP contribution in [0.4, 0.5) is 20.2 Å². The average molecular weight is 277 g/mol. The zero-order valence-corrected chi connectivity index (χ0v) is 10.5. The number of para-hydroxylation sites is 1. The Morgan fingerprint density at radius 1 is 1.20 bits per heavy atom. The van der Waals surface area contributed by atoms with Crippen LogP contribution in [-0.4, -0.2) is 5.91 Å². The summed E-state index contributed by atoms with van der Waals surface area (Å²) in [5.74, 6) is -1.96. The molecule has 2 aromatic carbocycles. The molecule has 0 heterocycles. The summed E-state index contributed by atoms with van der Waals surface area (Å²) in [5.41, 5.74) is 12.1. The van der Waals surface area contributed by atoms with Crippen LogP contribution >= 0.6 is 0 Å². The molecule has 1 amide bonds. The number of nitrogens with two attached hydrogens (primary N) is 2. The minimum absolute atomic E-state index is 0.0562. The number of nitrogens with one attached hydrogen (secondary N) is 1. The first-order valence-corrected chi connectivity index (χ1v) is 5.85. The van der Waals surface area contributed by atoms with E-state index in [4.69, 9.17) is 11.5 Å². The van der Waals surface area contributed by atoms with E-state index < -0.39 is 17.5 Å². The number of hydrogen-bond acceptors (Lipinski definition) is 3. The number of amides is 1. The molecule has 5 N–H and O–H groups in total. The molecule has 0 radical (unpaired) electrons. The molecule has 104 valence electrons. The molecular formula is C14H13F2N3O. The lowest BCUT2D eigenvalue weighted by Crippen LogP contribution is -2.16. The normalized spacial score (nSPS) is 10.3. The second kappa shape index (κ2) is 5.56. The summed E-state index contributed by atoms with van der Waals surface area (Å²) < 4.78 is 26.3. The monoisotopic (exact) mass is 277 g/mol. The summed E-state index contributed by atoms with van der Waals surface area (Å²) in [6.07, 6.45) is 0. The minimum atomic E-state index is -0.673. The van der Waals surface area contributed by atoms with Gasteiger partial charge in [-0.25, -0.2) is 8.78 Å². The highest BCUT2D eigenvalue weighted by atomic mass is 19.1. The molecule has 0 unspecified atom stereocenters. The predicted molar refractivity (Wildman–Crippen MR) is 73.1 cm³/mol. The number of halogens is 2. The molecule has 0 aromatic heterocycles. The van der Waals surface area contributed by atoms with E-state index in [0.29, 0.717) is 11.4 Å². The number of carbonyl (C=O) groups excluding carboxylic acids is 1. The molecule has 2 aromatic rings. The summed E-state index contributed by atoms with van der Waals surface area (Å²) in [6.45, 7) is 0.0562. The van der Waals surface area contributed by atoms with Gasteiger partial charge in [0.05, 0.1) is 16.9 Å². The number of anilines is 2. The maximum Gasteiger partial charge on any atom is 0.250 e. The highest BCUT2D eigenvalue weighted by Crippen LogP contribution is 2.24. The highest BCUT2D eigenvalue weighted by molar-refractivity contribution is 6.01. The van der Waals surface area contributed by atoms with Crippen molar-refractivity contribution in [1.82, 2.24) is 0 Å². The van der Waals surface area contributed by atoms with Crippen molar-refractivity contribution >= 4 is 17.3 Å². The Balaban J connectivity index is 2.25. The van der Waals surface area contributed by atoms with Gasteiger partial charge in [-0.3, -0.25) is 4.79 Å². The fourth-order valence-corrected chi connectivity index (χ4v) is 1.82. The lowest BCUT2D eigenvalue weighted by atomic mass is 10.1. The predicted octanol–water partition coefficient (Wildman–Crippen LogP) is 2.26. The third kappa shape index (κ3) is 2.85. The van der Waals surface area contributed by atoms with Gasteiger partial charge in [-0.1, -0.05) is 12.1 Å². The Hall–Kier alpha value is -2.63. The van der Waals surface area contributed by atoms with Crippen molar-refractivity contribution < 1.29 is 13.6 Å². The van der Waals surface area contributed by atoms with Crippen molar-refractivity contribution in [2.24, 2.45) is 5.73 Å². The summed E-state index contributed by atoms with van der Waals surface area (Å²) in [4.78, 5) is 11.3. The van der Waals surface area contributed by atoms with Gasteiger partial charge in [0, 0.05) is 18.2 Å². The van der Waals surface area contributed by atoms with Gasteiger partial charge in [0.25, 0.3) is 5.91 Å². The quantitative estimate of drug-likeness (QED) is 0.750. The summed E-state index contributed by atoms with van der Waals surface area (Å²) in [6, 6.07) is 7.97. The van der Waals surface area contributed by atoms with Crippen molar-refractivity contribution in [1.29, 1.82) is 0 Å². The van der Waals surface area contributed by atoms with E-state index in [2.05, 4.69) is 5.32 Å². The SMILES string of the molecule is NC(=O)c1cccc(N)c1NCc1ccc(F)cc1F. The fraction of sp³-hybridized carbons (Fsp3) is 0.0714. The number of benzene rings is 2. The summed E-state index contributed by atoms with van der Waals surface area (Å²) in [7, 11) is 0. The second-order valence-electron chi connectivity index (χ2n) is 4.22. The maximum atomic E-state index is 13.5. The van der Waals surface area contributed by atoms with E-state index in [-0.39, 0.29) is 17.7 Å². The van der Waals surface area contributed by atoms with Crippen molar-refractivity contribution in [3.8, 4) is 0 Å². The smallest absolute Gasteiger partial charge is 0.250 e. The standard InChI is InChI=1S/C14H13F2N3O/c15-9-5-4-8(11(16)6-9)7-19-13-10(14(18)20)2-1-3-12(13)17/h1-6,19H,7,17H2,(H2,18,20). The zero-order valence-electron chi connectivity index (χ0n) is 10.5. The van der Waals surface area contributed by atoms with E-state index in [0.717, 1.165) is 12.1 Å². The van der Waals surface area contributed by atoms with Gasteiger partial charge in [-0.05, 0) is 18.2 Å². The summed E-state index contributed by atoms with van der Waals surface area (Å²) in [5, 5.41) is 2.85. The first-order chi connectivity index (χ1) is 9.49. The van der Waals surface area contributed by atoms with Gasteiger partial charge in [-0.15, -0.1) is 0 Å². The molecule has 0 saturated carbocycles. The molecule has 4 nitrogen and oxygen atoms in total. The third-order valence-corrected chi connectivity index (χ3v) is 2.83. The van der Waals surface area contributed by atoms with E-state index in [1.54, 1.807) is 12.1 Å². The van der Waals surface area contributed by atoms with Crippen LogP contribution in [0.1, 0.15) is 15.9 Å². The van der Waals surface area contributed by atoms with Crippen molar-refractivity contribution in [3.05, 3.63) is 59.2 Å². The van der Waals surface area contributed by atoms with Crippen LogP contribution in [0.5, 0.6) is 0 Å². The fourth-order valence-electron chi connectivity index (χ4n) is 1.82. The van der Waals surface area contributed by atoms with E-state index >= 15 is 0 Å². The molecule has 0 atom stereocenters. The Morgan fingerprint density at radius 3 is 2.60 bits per heavy atom. The summed E-state index contributed by atoms with van der Waals surface area (Å²) >= 11 is 0. The van der Waals surface area contributed by atoms with Gasteiger partial charge in [0.2, 0.25) is 0 Å². The largest absolute Gasteiger partial charge is 0.397 e. The molecule has 0 aliphatic heterocycles. The van der Waals surface area contributed by atoms with E-state index in [9.17, 15) is 13.6 Å². The molecule has 0 aliphatic carbocycles. The van der Waals surface area contributed by atoms with Crippen LogP contribution in [0, 0.1) is 11.6 Å². The Labute approximate surface area is 114 Å². The number of rotatable bonds is 4. The van der Waals surface area contributed by atoms with Crippen LogP contribution in [-0.2, 0) is 6.54 Å². The lowest BCUT2D eigenvalue weighted by molar-refractivity contribution is 0.100. The number of carbonyl (C=O) groups is 1. The van der Waals surface area contributed by atoms with Crippen molar-refractivity contribution in [2.75, 3.05) is 11.1 Å². The lowest BCUT2D eigenvalue weighted by Gasteiger charge is -2.13. The van der Waals surface area contributed by atoms with Crippen LogP contribution in [0.2, 0.25) is 0 Å². The van der Waals surface area contributed by atoms with Gasteiger partial charge in [0.15, 0.2) is 0 Å². The van der Waals surface area contributed by atoms with Crippen LogP contribution < -0.4 is 16.8 Å². The van der Waals surface area contributed by atoms with Crippen LogP contribution in [0.25, 0.3) is 0 Å². The van der Waals surface area contributed by atoms with Crippen LogP contribution in [0.15, 0.2) is 36.4 Å². The molecule has 0 fully saturated rings. The number of nitrogen functional groups attached to an aromatic ring is 1. The second-order valence-corrected chi connectivity index (χ2v) is 4.22. The molecule has 2 rings (SSSR count). The molecular weight excluding hydrogens is 264 g/mol. The molecule has 20 heavy (non-hydrogen) atoms. The molecule has 6 heteroatoms. The molecule has 0 spiro atoms. The zero-order chi connectivity index (χ0) is 14.7. The Bertz CT molecular complexity index is 659. The van der Waals surface area contributed by atoms with Crippen molar-refractivity contribution in [2.45, 2.75) is 6.54 Å². The van der Waals surface area contributed by atoms with Crippen LogP contribution in [0.3, 0.4) is 0 Å². The highest BCUT2D eigenvalue weighted by Gasteiger charge is 2.11. The topological polar surface area (TPSA) is 81.1 Å². The van der Waals surface area contributed by atoms with Gasteiger partial charge in [0.1, 0.15) is 11.6 Å². The molecule has 0 aliphatic rings. The Morgan fingerprint density at radius 2 is 1.95 bits per heavy atom. The van der Waals surface area contributed by atoms with Gasteiger partial charge < -0.3 is 16.8 Å². The molecule has 0 saturated heterocycles. The number of primary amides is 1.